The Morgan fingerprint density at radius 1 is 0.826 bits per heavy atom. The van der Waals surface area contributed by atoms with Crippen LogP contribution in [-0.4, -0.2) is 41.7 Å². The number of halogens is 1. The molecule has 0 N–H and O–H groups in total. The molecule has 4 aromatic carbocycles. The maximum absolute atomic E-state index is 12.4. The first-order valence-electron chi connectivity index (χ1n) is 16.0. The normalized spacial score (nSPS) is 19.2. The van der Waals surface area contributed by atoms with E-state index in [4.69, 9.17) is 19.2 Å². The van der Waals surface area contributed by atoms with E-state index in [1.807, 2.05) is 66.7 Å². The Labute approximate surface area is 281 Å². The van der Waals surface area contributed by atoms with Crippen LogP contribution in [-0.2, 0) is 32.2 Å². The van der Waals surface area contributed by atoms with Gasteiger partial charge < -0.3 is 19.1 Å². The molecule has 4 atom stereocenters. The summed E-state index contributed by atoms with van der Waals surface area (Å²) >= 11 is 3.53. The number of likely N-dealkylation sites (tertiary alicyclic amines) is 1. The summed E-state index contributed by atoms with van der Waals surface area (Å²) in [5.41, 5.74) is 4.28. The van der Waals surface area contributed by atoms with Crippen LogP contribution in [0.3, 0.4) is 0 Å². The van der Waals surface area contributed by atoms with Crippen molar-refractivity contribution in [2.45, 2.75) is 71.2 Å². The highest BCUT2D eigenvalue weighted by Crippen LogP contribution is 2.38. The van der Waals surface area contributed by atoms with E-state index in [0.29, 0.717) is 26.2 Å². The molecule has 1 heterocycles. The number of benzene rings is 4. The summed E-state index contributed by atoms with van der Waals surface area (Å²) in [6, 6.07) is 38.8. The van der Waals surface area contributed by atoms with Gasteiger partial charge in [0.25, 0.3) is 0 Å². The van der Waals surface area contributed by atoms with Crippen LogP contribution in [0.4, 0.5) is 0 Å². The highest BCUT2D eigenvalue weighted by molar-refractivity contribution is 9.10. The van der Waals surface area contributed by atoms with Crippen molar-refractivity contribution in [3.8, 4) is 0 Å². The SMILES string of the molecule is CC(=O)O[C@@H]1CC[C@@H](c2ccccc2)N(C(=N[C@H](COCc2ccccc2)C(C)C)c2ccccc2)[C@@H]1OCc1ccc(Br)cc1. The molecule has 0 spiro atoms. The van der Waals surface area contributed by atoms with Crippen molar-refractivity contribution in [2.24, 2.45) is 10.9 Å². The minimum Gasteiger partial charge on any atom is -0.458 e. The van der Waals surface area contributed by atoms with Gasteiger partial charge in [-0.05, 0) is 47.6 Å². The number of hydrogen-bond acceptors (Lipinski definition) is 5. The van der Waals surface area contributed by atoms with Gasteiger partial charge in [-0.15, -0.1) is 0 Å². The van der Waals surface area contributed by atoms with Crippen LogP contribution in [0.15, 0.2) is 125 Å². The van der Waals surface area contributed by atoms with Crippen LogP contribution in [0, 0.1) is 5.92 Å². The van der Waals surface area contributed by atoms with E-state index >= 15 is 0 Å². The number of nitrogens with zero attached hydrogens (tertiary/aromatic N) is 2. The minimum atomic E-state index is -0.580. The summed E-state index contributed by atoms with van der Waals surface area (Å²) in [5, 5.41) is 0. The number of rotatable bonds is 12. The minimum absolute atomic E-state index is 0.0556. The van der Waals surface area contributed by atoms with Crippen molar-refractivity contribution in [2.75, 3.05) is 6.61 Å². The highest BCUT2D eigenvalue weighted by Gasteiger charge is 2.43. The van der Waals surface area contributed by atoms with Crippen molar-refractivity contribution in [1.82, 2.24) is 4.90 Å². The summed E-state index contributed by atoms with van der Waals surface area (Å²) in [6.45, 7) is 7.15. The van der Waals surface area contributed by atoms with Gasteiger partial charge in [0.1, 0.15) is 11.9 Å². The van der Waals surface area contributed by atoms with Gasteiger partial charge in [-0.1, -0.05) is 133 Å². The van der Waals surface area contributed by atoms with Crippen LogP contribution in [0.2, 0.25) is 0 Å². The summed E-state index contributed by atoms with van der Waals surface area (Å²) in [7, 11) is 0. The van der Waals surface area contributed by atoms with E-state index in [9.17, 15) is 4.79 Å². The number of carbonyl (C=O) groups excluding carboxylic acids is 1. The molecule has 1 aliphatic heterocycles. The number of amidine groups is 1. The van der Waals surface area contributed by atoms with Crippen LogP contribution in [0.5, 0.6) is 0 Å². The molecule has 0 bridgehead atoms. The smallest absolute Gasteiger partial charge is 0.303 e. The van der Waals surface area contributed by atoms with E-state index < -0.39 is 12.3 Å². The molecule has 1 fully saturated rings. The molecular weight excluding hydrogens is 640 g/mol. The third-order valence-corrected chi connectivity index (χ3v) is 8.75. The van der Waals surface area contributed by atoms with Gasteiger partial charge in [0.05, 0.1) is 31.9 Å². The quantitative estimate of drug-likeness (QED) is 0.0850. The second kappa shape index (κ2) is 16.7. The molecule has 0 aliphatic carbocycles. The first-order valence-corrected chi connectivity index (χ1v) is 16.8. The lowest BCUT2D eigenvalue weighted by Crippen LogP contribution is -2.55. The average molecular weight is 684 g/mol. The molecule has 240 valence electrons. The first-order chi connectivity index (χ1) is 22.4. The second-order valence-electron chi connectivity index (χ2n) is 12.0. The lowest BCUT2D eigenvalue weighted by molar-refractivity contribution is -0.179. The summed E-state index contributed by atoms with van der Waals surface area (Å²) in [5.74, 6) is 0.683. The lowest BCUT2D eigenvalue weighted by Gasteiger charge is -2.47. The molecule has 6 nitrogen and oxygen atoms in total. The Bertz CT molecular complexity index is 1530. The van der Waals surface area contributed by atoms with Gasteiger partial charge in [-0.25, -0.2) is 0 Å². The Morgan fingerprint density at radius 2 is 1.43 bits per heavy atom. The average Bonchev–Trinajstić information content (AvgIpc) is 3.07. The summed E-state index contributed by atoms with van der Waals surface area (Å²) < 4.78 is 20.0. The molecule has 0 amide bonds. The zero-order valence-corrected chi connectivity index (χ0v) is 28.4. The van der Waals surface area contributed by atoms with Crippen molar-refractivity contribution >= 4 is 27.7 Å². The zero-order valence-electron chi connectivity index (χ0n) is 26.8. The van der Waals surface area contributed by atoms with E-state index in [0.717, 1.165) is 39.0 Å². The van der Waals surface area contributed by atoms with Crippen molar-refractivity contribution in [3.63, 3.8) is 0 Å². The Balaban J connectivity index is 1.57. The number of ether oxygens (including phenoxy) is 3. The van der Waals surface area contributed by atoms with E-state index in [1.165, 1.54) is 6.92 Å². The van der Waals surface area contributed by atoms with Crippen LogP contribution in [0.25, 0.3) is 0 Å². The molecule has 0 saturated carbocycles. The lowest BCUT2D eigenvalue weighted by atomic mass is 9.91. The largest absolute Gasteiger partial charge is 0.458 e. The number of hydrogen-bond donors (Lipinski definition) is 0. The Kier molecular flexibility index (Phi) is 12.2. The first kappa shape index (κ1) is 33.6. The molecule has 46 heavy (non-hydrogen) atoms. The van der Waals surface area contributed by atoms with Crippen LogP contribution >= 0.6 is 15.9 Å². The topological polar surface area (TPSA) is 60.4 Å². The standard InChI is InChI=1S/C39H43BrN2O4/c1-28(2)35(27-44-25-30-13-7-4-8-14-30)41-38(33-17-11-6-12-18-33)42-36(32-15-9-5-10-16-32)23-24-37(46-29(3)43)39(42)45-26-31-19-21-34(40)22-20-31/h4-22,28,35-37,39H,23-27H2,1-3H3/t35-,36+,37-,39-/m1/s1. The van der Waals surface area contributed by atoms with Gasteiger partial charge in [0.15, 0.2) is 6.23 Å². The summed E-state index contributed by atoms with van der Waals surface area (Å²) in [4.78, 5) is 20.2. The van der Waals surface area contributed by atoms with Crippen LogP contribution in [0.1, 0.15) is 61.9 Å². The van der Waals surface area contributed by atoms with E-state index in [1.54, 1.807) is 0 Å². The van der Waals surface area contributed by atoms with Gasteiger partial charge in [0, 0.05) is 17.0 Å². The fourth-order valence-corrected chi connectivity index (χ4v) is 6.06. The fourth-order valence-electron chi connectivity index (χ4n) is 5.80. The molecule has 7 heteroatoms. The third-order valence-electron chi connectivity index (χ3n) is 8.22. The Hall–Kier alpha value is -3.78. The summed E-state index contributed by atoms with van der Waals surface area (Å²) in [6.07, 6.45) is 0.372. The van der Waals surface area contributed by atoms with Crippen molar-refractivity contribution in [3.05, 3.63) is 142 Å². The zero-order chi connectivity index (χ0) is 32.3. The maximum Gasteiger partial charge on any atom is 0.303 e. The molecule has 1 saturated heterocycles. The molecule has 0 radical (unpaired) electrons. The predicted octanol–water partition coefficient (Wildman–Crippen LogP) is 8.75. The monoisotopic (exact) mass is 682 g/mol. The van der Waals surface area contributed by atoms with Gasteiger partial charge >= 0.3 is 5.97 Å². The number of carbonyl (C=O) groups is 1. The van der Waals surface area contributed by atoms with Gasteiger partial charge in [-0.2, -0.15) is 0 Å². The molecule has 0 unspecified atom stereocenters. The van der Waals surface area contributed by atoms with Gasteiger partial charge in [0.2, 0.25) is 0 Å². The second-order valence-corrected chi connectivity index (χ2v) is 12.9. The molecule has 0 aromatic heterocycles. The third kappa shape index (κ3) is 9.15. The van der Waals surface area contributed by atoms with Gasteiger partial charge in [-0.3, -0.25) is 9.79 Å². The number of esters is 1. The molecule has 1 aliphatic rings. The number of aliphatic imine (C=N–C) groups is 1. The van der Waals surface area contributed by atoms with Crippen molar-refractivity contribution in [1.29, 1.82) is 0 Å². The van der Waals surface area contributed by atoms with E-state index in [2.05, 4.69) is 83.2 Å². The van der Waals surface area contributed by atoms with Crippen LogP contribution < -0.4 is 0 Å². The molecule has 4 aromatic rings. The fraction of sp³-hybridized carbons (Fsp3) is 0.333. The highest BCUT2D eigenvalue weighted by atomic mass is 79.9. The maximum atomic E-state index is 12.4. The molecular formula is C39H43BrN2O4. The Morgan fingerprint density at radius 3 is 2.07 bits per heavy atom. The predicted molar refractivity (Wildman–Crippen MR) is 186 cm³/mol. The van der Waals surface area contributed by atoms with E-state index in [-0.39, 0.29) is 24.0 Å². The molecule has 5 rings (SSSR count). The number of piperidine rings is 1. The van der Waals surface area contributed by atoms with Crippen molar-refractivity contribution < 1.29 is 19.0 Å².